The zero-order valence-electron chi connectivity index (χ0n) is 15.6. The Morgan fingerprint density at radius 1 is 1.19 bits per heavy atom. The number of thiophene rings is 1. The SMILES string of the molecule is CC(C)(CNc1ncnc2sc(-c3ccccc3)cc12)N1CCS(=O)CC1. The van der Waals surface area contributed by atoms with Crippen LogP contribution in [0.2, 0.25) is 0 Å². The predicted molar refractivity (Wildman–Crippen MR) is 115 cm³/mol. The Bertz CT molecular complexity index is 945. The summed E-state index contributed by atoms with van der Waals surface area (Å²) >= 11 is 1.69. The van der Waals surface area contributed by atoms with Crippen molar-refractivity contribution in [2.24, 2.45) is 0 Å². The second kappa shape index (κ2) is 7.66. The molecule has 2 aromatic heterocycles. The van der Waals surface area contributed by atoms with Gasteiger partial charge in [0.15, 0.2) is 0 Å². The zero-order chi connectivity index (χ0) is 18.9. The molecular formula is C20H24N4OS2. The summed E-state index contributed by atoms with van der Waals surface area (Å²) < 4.78 is 11.6. The smallest absolute Gasteiger partial charge is 0.138 e. The minimum atomic E-state index is -0.651. The highest BCUT2D eigenvalue weighted by molar-refractivity contribution is 7.85. The van der Waals surface area contributed by atoms with Gasteiger partial charge >= 0.3 is 0 Å². The van der Waals surface area contributed by atoms with E-state index in [-0.39, 0.29) is 5.54 Å². The first-order chi connectivity index (χ1) is 13.0. The summed E-state index contributed by atoms with van der Waals surface area (Å²) in [6, 6.07) is 12.6. The van der Waals surface area contributed by atoms with Crippen LogP contribution in [0, 0.1) is 0 Å². The summed E-state index contributed by atoms with van der Waals surface area (Å²) in [4.78, 5) is 13.6. The topological polar surface area (TPSA) is 58.1 Å². The van der Waals surface area contributed by atoms with Gasteiger partial charge in [-0.15, -0.1) is 11.3 Å². The lowest BCUT2D eigenvalue weighted by Crippen LogP contribution is -2.53. The molecule has 0 bridgehead atoms. The maximum Gasteiger partial charge on any atom is 0.138 e. The van der Waals surface area contributed by atoms with E-state index in [4.69, 9.17) is 0 Å². The first-order valence-electron chi connectivity index (χ1n) is 9.17. The van der Waals surface area contributed by atoms with Crippen LogP contribution in [0.25, 0.3) is 20.7 Å². The van der Waals surface area contributed by atoms with Gasteiger partial charge in [-0.05, 0) is 25.5 Å². The molecule has 27 heavy (non-hydrogen) atoms. The van der Waals surface area contributed by atoms with Gasteiger partial charge in [0.05, 0.1) is 5.39 Å². The molecule has 0 radical (unpaired) electrons. The molecule has 1 aliphatic heterocycles. The average molecular weight is 401 g/mol. The van der Waals surface area contributed by atoms with Crippen LogP contribution in [-0.2, 0) is 10.8 Å². The van der Waals surface area contributed by atoms with Gasteiger partial charge in [-0.25, -0.2) is 9.97 Å². The van der Waals surface area contributed by atoms with E-state index in [2.05, 4.69) is 64.4 Å². The third kappa shape index (κ3) is 4.05. The molecule has 3 heterocycles. The van der Waals surface area contributed by atoms with Crippen molar-refractivity contribution in [3.05, 3.63) is 42.7 Å². The van der Waals surface area contributed by atoms with Gasteiger partial charge in [0.2, 0.25) is 0 Å². The average Bonchev–Trinajstić information content (AvgIpc) is 3.12. The highest BCUT2D eigenvalue weighted by atomic mass is 32.2. The molecule has 5 nitrogen and oxygen atoms in total. The fraction of sp³-hybridized carbons (Fsp3) is 0.400. The number of nitrogens with zero attached hydrogens (tertiary/aromatic N) is 3. The summed E-state index contributed by atoms with van der Waals surface area (Å²) in [5, 5.41) is 4.61. The minimum absolute atomic E-state index is 0.0276. The molecule has 1 saturated heterocycles. The highest BCUT2D eigenvalue weighted by Crippen LogP contribution is 2.35. The van der Waals surface area contributed by atoms with Crippen molar-refractivity contribution in [1.29, 1.82) is 0 Å². The molecule has 1 N–H and O–H groups in total. The van der Waals surface area contributed by atoms with Crippen LogP contribution in [0.4, 0.5) is 5.82 Å². The standard InChI is InChI=1S/C20H24N4OS2/c1-20(2,24-8-10-27(25)11-9-24)13-21-18-16-12-17(15-6-4-3-5-7-15)26-19(16)23-14-22-18/h3-7,12,14H,8-11,13H2,1-2H3,(H,21,22,23). The normalized spacial score (nSPS) is 16.7. The monoisotopic (exact) mass is 400 g/mol. The molecule has 0 unspecified atom stereocenters. The highest BCUT2D eigenvalue weighted by Gasteiger charge is 2.29. The van der Waals surface area contributed by atoms with Gasteiger partial charge in [-0.2, -0.15) is 0 Å². The molecule has 3 aromatic rings. The van der Waals surface area contributed by atoms with Gasteiger partial charge in [0.1, 0.15) is 17.0 Å². The third-order valence-corrected chi connectivity index (χ3v) is 7.48. The summed E-state index contributed by atoms with van der Waals surface area (Å²) in [5.74, 6) is 2.42. The Morgan fingerprint density at radius 3 is 2.67 bits per heavy atom. The molecule has 0 atom stereocenters. The van der Waals surface area contributed by atoms with Crippen molar-refractivity contribution in [1.82, 2.24) is 14.9 Å². The van der Waals surface area contributed by atoms with E-state index in [1.54, 1.807) is 17.7 Å². The van der Waals surface area contributed by atoms with E-state index in [0.717, 1.165) is 47.2 Å². The van der Waals surface area contributed by atoms with Crippen LogP contribution in [0.15, 0.2) is 42.7 Å². The molecule has 0 spiro atoms. The number of fused-ring (bicyclic) bond motifs is 1. The van der Waals surface area contributed by atoms with Crippen LogP contribution in [-0.4, -0.2) is 55.8 Å². The van der Waals surface area contributed by atoms with E-state index in [9.17, 15) is 4.21 Å². The molecule has 0 saturated carbocycles. The zero-order valence-corrected chi connectivity index (χ0v) is 17.3. The molecule has 1 aromatic carbocycles. The maximum atomic E-state index is 11.6. The summed E-state index contributed by atoms with van der Waals surface area (Å²) in [6.45, 7) is 7.02. The van der Waals surface area contributed by atoms with Crippen molar-refractivity contribution in [2.75, 3.05) is 36.5 Å². The lowest BCUT2D eigenvalue weighted by molar-refractivity contribution is 0.145. The number of benzene rings is 1. The van der Waals surface area contributed by atoms with Gasteiger partial charge in [-0.1, -0.05) is 30.3 Å². The van der Waals surface area contributed by atoms with Crippen molar-refractivity contribution >= 4 is 38.2 Å². The van der Waals surface area contributed by atoms with Crippen LogP contribution in [0.5, 0.6) is 0 Å². The van der Waals surface area contributed by atoms with E-state index in [0.29, 0.717) is 0 Å². The van der Waals surface area contributed by atoms with Gasteiger partial charge in [0, 0.05) is 52.4 Å². The molecule has 4 rings (SSSR count). The lowest BCUT2D eigenvalue weighted by Gasteiger charge is -2.40. The van der Waals surface area contributed by atoms with Gasteiger partial charge in [0.25, 0.3) is 0 Å². The molecule has 7 heteroatoms. The van der Waals surface area contributed by atoms with E-state index >= 15 is 0 Å². The lowest BCUT2D eigenvalue weighted by atomic mass is 10.0. The molecule has 0 amide bonds. The molecule has 1 aliphatic rings. The summed E-state index contributed by atoms with van der Waals surface area (Å²) in [7, 11) is -0.651. The first-order valence-corrected chi connectivity index (χ1v) is 11.5. The van der Waals surface area contributed by atoms with E-state index in [1.807, 2.05) is 6.07 Å². The Kier molecular flexibility index (Phi) is 5.25. The van der Waals surface area contributed by atoms with Crippen LogP contribution in [0.3, 0.4) is 0 Å². The number of nitrogens with one attached hydrogen (secondary N) is 1. The Morgan fingerprint density at radius 2 is 1.93 bits per heavy atom. The molecular weight excluding hydrogens is 376 g/mol. The van der Waals surface area contributed by atoms with Crippen molar-refractivity contribution in [2.45, 2.75) is 19.4 Å². The van der Waals surface area contributed by atoms with Crippen molar-refractivity contribution in [3.63, 3.8) is 0 Å². The maximum absolute atomic E-state index is 11.6. The van der Waals surface area contributed by atoms with Crippen molar-refractivity contribution in [3.8, 4) is 10.4 Å². The molecule has 1 fully saturated rings. The fourth-order valence-electron chi connectivity index (χ4n) is 3.40. The Hall–Kier alpha value is -1.83. The minimum Gasteiger partial charge on any atom is -0.368 e. The van der Waals surface area contributed by atoms with Crippen LogP contribution in [0.1, 0.15) is 13.8 Å². The van der Waals surface area contributed by atoms with E-state index < -0.39 is 10.8 Å². The molecule has 0 aliphatic carbocycles. The van der Waals surface area contributed by atoms with E-state index in [1.165, 1.54) is 10.4 Å². The number of hydrogen-bond donors (Lipinski definition) is 1. The summed E-state index contributed by atoms with van der Waals surface area (Å²) in [5.41, 5.74) is 1.17. The quantitative estimate of drug-likeness (QED) is 0.709. The Balaban J connectivity index is 1.53. The Labute approximate surface area is 166 Å². The number of rotatable bonds is 5. The summed E-state index contributed by atoms with van der Waals surface area (Å²) in [6.07, 6.45) is 1.63. The number of anilines is 1. The third-order valence-electron chi connectivity index (χ3n) is 5.11. The largest absolute Gasteiger partial charge is 0.368 e. The number of aromatic nitrogens is 2. The predicted octanol–water partition coefficient (Wildman–Crippen LogP) is 3.61. The first kappa shape index (κ1) is 18.5. The molecule has 142 valence electrons. The van der Waals surface area contributed by atoms with Gasteiger partial charge < -0.3 is 5.32 Å². The van der Waals surface area contributed by atoms with Crippen LogP contribution < -0.4 is 5.32 Å². The second-order valence-electron chi connectivity index (χ2n) is 7.42. The second-order valence-corrected chi connectivity index (χ2v) is 10.1. The van der Waals surface area contributed by atoms with Gasteiger partial charge in [-0.3, -0.25) is 9.11 Å². The fourth-order valence-corrected chi connectivity index (χ4v) is 5.45. The number of hydrogen-bond acceptors (Lipinski definition) is 6. The van der Waals surface area contributed by atoms with Crippen LogP contribution >= 0.6 is 11.3 Å². The van der Waals surface area contributed by atoms with Crippen molar-refractivity contribution < 1.29 is 4.21 Å².